The fourth-order valence-corrected chi connectivity index (χ4v) is 4.69. The Morgan fingerprint density at radius 3 is 2.43 bits per heavy atom. The standard InChI is InChI=1S/C27H29N3O5/c1-3-17(4-2)24(32)28-13-12-16-6-5-7-18(14-16)19-8-9-20-21(15-19)27(35)30(26(20)34)22-10-11-23(31)29-25(22)33/h5-9,14-15,17,22H,3-4,10-13H2,1-2H3,(H,28,32)(H,29,31,33). The average molecular weight is 476 g/mol. The van der Waals surface area contributed by atoms with E-state index < -0.39 is 29.7 Å². The van der Waals surface area contributed by atoms with Gasteiger partial charge in [-0.05, 0) is 54.5 Å². The first-order chi connectivity index (χ1) is 16.8. The molecule has 2 N–H and O–H groups in total. The van der Waals surface area contributed by atoms with E-state index in [0.29, 0.717) is 13.0 Å². The van der Waals surface area contributed by atoms with Crippen molar-refractivity contribution in [2.24, 2.45) is 5.92 Å². The minimum absolute atomic E-state index is 0.0349. The summed E-state index contributed by atoms with van der Waals surface area (Å²) < 4.78 is 0. The van der Waals surface area contributed by atoms with Gasteiger partial charge in [-0.1, -0.05) is 44.2 Å². The first-order valence-electron chi connectivity index (χ1n) is 12.1. The fraction of sp³-hybridized carbons (Fsp3) is 0.370. The van der Waals surface area contributed by atoms with Crippen LogP contribution in [0.1, 0.15) is 65.8 Å². The third kappa shape index (κ3) is 4.87. The SMILES string of the molecule is CCC(CC)C(=O)NCCc1cccc(-c2ccc3c(c2)C(=O)N(C2CCC(=O)NC2=O)C3=O)c1. The summed E-state index contributed by atoms with van der Waals surface area (Å²) in [6, 6.07) is 11.9. The Morgan fingerprint density at radius 2 is 1.71 bits per heavy atom. The molecule has 2 aliphatic rings. The van der Waals surface area contributed by atoms with Crippen LogP contribution < -0.4 is 10.6 Å². The first kappa shape index (κ1) is 24.3. The zero-order valence-electron chi connectivity index (χ0n) is 19.9. The summed E-state index contributed by atoms with van der Waals surface area (Å²) in [4.78, 5) is 62.9. The number of hydrogen-bond acceptors (Lipinski definition) is 5. The maximum absolute atomic E-state index is 13.1. The number of rotatable bonds is 8. The molecule has 35 heavy (non-hydrogen) atoms. The second kappa shape index (κ2) is 10.2. The average Bonchev–Trinajstić information content (AvgIpc) is 3.09. The Morgan fingerprint density at radius 1 is 1.00 bits per heavy atom. The molecule has 8 heteroatoms. The third-order valence-electron chi connectivity index (χ3n) is 6.77. The van der Waals surface area contributed by atoms with Crippen LogP contribution >= 0.6 is 0 Å². The van der Waals surface area contributed by atoms with Crippen molar-refractivity contribution in [2.45, 2.75) is 52.0 Å². The van der Waals surface area contributed by atoms with Crippen molar-refractivity contribution < 1.29 is 24.0 Å². The van der Waals surface area contributed by atoms with E-state index in [-0.39, 0.29) is 35.8 Å². The number of imide groups is 2. The number of amides is 5. The molecule has 1 saturated heterocycles. The quantitative estimate of drug-likeness (QED) is 0.570. The van der Waals surface area contributed by atoms with Crippen LogP contribution in [0, 0.1) is 5.92 Å². The van der Waals surface area contributed by atoms with Crippen molar-refractivity contribution in [1.29, 1.82) is 0 Å². The topological polar surface area (TPSA) is 113 Å². The lowest BCUT2D eigenvalue weighted by Crippen LogP contribution is -2.54. The molecule has 0 aromatic heterocycles. The Hall–Kier alpha value is -3.81. The zero-order valence-corrected chi connectivity index (χ0v) is 19.9. The summed E-state index contributed by atoms with van der Waals surface area (Å²) in [5, 5.41) is 5.20. The van der Waals surface area contributed by atoms with Gasteiger partial charge in [0.1, 0.15) is 6.04 Å². The Labute approximate surface area is 204 Å². The molecule has 4 rings (SSSR count). The smallest absolute Gasteiger partial charge is 0.262 e. The third-order valence-corrected chi connectivity index (χ3v) is 6.77. The molecule has 2 heterocycles. The predicted octanol–water partition coefficient (Wildman–Crippen LogP) is 2.85. The number of fused-ring (bicyclic) bond motifs is 1. The van der Waals surface area contributed by atoms with Gasteiger partial charge in [0.2, 0.25) is 17.7 Å². The molecule has 1 unspecified atom stereocenters. The van der Waals surface area contributed by atoms with Gasteiger partial charge in [-0.25, -0.2) is 0 Å². The predicted molar refractivity (Wildman–Crippen MR) is 129 cm³/mol. The van der Waals surface area contributed by atoms with Gasteiger partial charge < -0.3 is 5.32 Å². The van der Waals surface area contributed by atoms with Crippen LogP contribution in [0.4, 0.5) is 0 Å². The number of benzene rings is 2. The summed E-state index contributed by atoms with van der Waals surface area (Å²) in [5.74, 6) is -1.96. The van der Waals surface area contributed by atoms with Gasteiger partial charge in [0.25, 0.3) is 11.8 Å². The summed E-state index contributed by atoms with van der Waals surface area (Å²) >= 11 is 0. The van der Waals surface area contributed by atoms with E-state index in [4.69, 9.17) is 0 Å². The van der Waals surface area contributed by atoms with Crippen molar-refractivity contribution in [3.63, 3.8) is 0 Å². The van der Waals surface area contributed by atoms with E-state index in [2.05, 4.69) is 10.6 Å². The molecule has 0 spiro atoms. The van der Waals surface area contributed by atoms with Crippen LogP contribution in [-0.2, 0) is 20.8 Å². The first-order valence-corrected chi connectivity index (χ1v) is 12.1. The van der Waals surface area contributed by atoms with Gasteiger partial charge in [0, 0.05) is 18.9 Å². The van der Waals surface area contributed by atoms with E-state index in [1.807, 2.05) is 38.1 Å². The molecule has 8 nitrogen and oxygen atoms in total. The van der Waals surface area contributed by atoms with Crippen LogP contribution in [0.15, 0.2) is 42.5 Å². The lowest BCUT2D eigenvalue weighted by molar-refractivity contribution is -0.136. The van der Waals surface area contributed by atoms with Crippen molar-refractivity contribution in [1.82, 2.24) is 15.5 Å². The molecule has 0 bridgehead atoms. The normalized spacial score (nSPS) is 17.6. The maximum atomic E-state index is 13.1. The van der Waals surface area contributed by atoms with Crippen LogP contribution in [0.2, 0.25) is 0 Å². The summed E-state index contributed by atoms with van der Waals surface area (Å²) in [6.45, 7) is 4.56. The van der Waals surface area contributed by atoms with Crippen LogP contribution in [0.5, 0.6) is 0 Å². The Bertz CT molecular complexity index is 1200. The fourth-order valence-electron chi connectivity index (χ4n) is 4.69. The van der Waals surface area contributed by atoms with Crippen molar-refractivity contribution in [3.05, 3.63) is 59.2 Å². The molecular formula is C27H29N3O5. The second-order valence-electron chi connectivity index (χ2n) is 8.96. The molecule has 2 aromatic carbocycles. The summed E-state index contributed by atoms with van der Waals surface area (Å²) in [6.07, 6.45) is 2.51. The van der Waals surface area contributed by atoms with Crippen molar-refractivity contribution in [3.8, 4) is 11.1 Å². The summed E-state index contributed by atoms with van der Waals surface area (Å²) in [7, 11) is 0. The van der Waals surface area contributed by atoms with Gasteiger partial charge in [0.15, 0.2) is 0 Å². The zero-order chi connectivity index (χ0) is 25.1. The number of nitrogens with one attached hydrogen (secondary N) is 2. The highest BCUT2D eigenvalue weighted by Gasteiger charge is 2.44. The minimum atomic E-state index is -0.984. The van der Waals surface area contributed by atoms with Crippen molar-refractivity contribution in [2.75, 3.05) is 6.54 Å². The van der Waals surface area contributed by atoms with Gasteiger partial charge in [-0.15, -0.1) is 0 Å². The molecule has 182 valence electrons. The molecule has 0 saturated carbocycles. The van der Waals surface area contributed by atoms with Crippen molar-refractivity contribution >= 4 is 29.5 Å². The van der Waals surface area contributed by atoms with Gasteiger partial charge in [0.05, 0.1) is 11.1 Å². The van der Waals surface area contributed by atoms with Crippen LogP contribution in [0.25, 0.3) is 11.1 Å². The minimum Gasteiger partial charge on any atom is -0.356 e. The number of carbonyl (C=O) groups excluding carboxylic acids is 5. The number of carbonyl (C=O) groups is 5. The lowest BCUT2D eigenvalue weighted by Gasteiger charge is -2.27. The van der Waals surface area contributed by atoms with Crippen LogP contribution in [-0.4, -0.2) is 47.0 Å². The van der Waals surface area contributed by atoms with Crippen LogP contribution in [0.3, 0.4) is 0 Å². The maximum Gasteiger partial charge on any atom is 0.262 e. The molecule has 2 aromatic rings. The number of hydrogen-bond donors (Lipinski definition) is 2. The molecule has 0 radical (unpaired) electrons. The largest absolute Gasteiger partial charge is 0.356 e. The monoisotopic (exact) mass is 475 g/mol. The summed E-state index contributed by atoms with van der Waals surface area (Å²) in [5.41, 5.74) is 3.21. The van der Waals surface area contributed by atoms with E-state index in [1.165, 1.54) is 0 Å². The molecule has 1 atom stereocenters. The molecular weight excluding hydrogens is 446 g/mol. The highest BCUT2D eigenvalue weighted by atomic mass is 16.2. The van der Waals surface area contributed by atoms with E-state index >= 15 is 0 Å². The van der Waals surface area contributed by atoms with E-state index in [9.17, 15) is 24.0 Å². The Kier molecular flexibility index (Phi) is 7.10. The van der Waals surface area contributed by atoms with Gasteiger partial charge >= 0.3 is 0 Å². The van der Waals surface area contributed by atoms with E-state index in [1.54, 1.807) is 18.2 Å². The molecule has 5 amide bonds. The Balaban J connectivity index is 1.49. The molecule has 0 aliphatic carbocycles. The molecule has 2 aliphatic heterocycles. The lowest BCUT2D eigenvalue weighted by atomic mass is 9.98. The van der Waals surface area contributed by atoms with Gasteiger partial charge in [-0.3, -0.25) is 34.2 Å². The highest BCUT2D eigenvalue weighted by molar-refractivity contribution is 6.23. The molecule has 1 fully saturated rings. The van der Waals surface area contributed by atoms with E-state index in [0.717, 1.165) is 34.4 Å². The van der Waals surface area contributed by atoms with Gasteiger partial charge in [-0.2, -0.15) is 0 Å². The number of piperidine rings is 1. The highest BCUT2D eigenvalue weighted by Crippen LogP contribution is 2.31. The second-order valence-corrected chi connectivity index (χ2v) is 8.96. The number of nitrogens with zero attached hydrogens (tertiary/aromatic N) is 1.